The Labute approximate surface area is 174 Å². The van der Waals surface area contributed by atoms with E-state index >= 15 is 0 Å². The van der Waals surface area contributed by atoms with Gasteiger partial charge in [-0.15, -0.1) is 0 Å². The van der Waals surface area contributed by atoms with E-state index in [1.165, 1.54) is 24.8 Å². The summed E-state index contributed by atoms with van der Waals surface area (Å²) in [5.41, 5.74) is 7.61. The van der Waals surface area contributed by atoms with Crippen LogP contribution in [0, 0.1) is 17.8 Å². The summed E-state index contributed by atoms with van der Waals surface area (Å²) >= 11 is 0. The van der Waals surface area contributed by atoms with Crippen LogP contribution in [-0.4, -0.2) is 53.8 Å². The molecule has 2 bridgehead atoms. The van der Waals surface area contributed by atoms with E-state index in [-0.39, 0.29) is 11.8 Å². The molecular formula is C24H35N3O2. The van der Waals surface area contributed by atoms with Crippen LogP contribution in [0.15, 0.2) is 30.3 Å². The average molecular weight is 398 g/mol. The number of hydrogen-bond acceptors (Lipinski definition) is 3. The molecule has 0 radical (unpaired) electrons. The highest BCUT2D eigenvalue weighted by atomic mass is 16.2. The number of hydrogen-bond donors (Lipinski definition) is 1. The SMILES string of the molecule is NC1C2CCCC1CC(C(=O)N1CCCN(C(=O)CCc3ccccc3)CC1)C2. The van der Waals surface area contributed by atoms with E-state index in [2.05, 4.69) is 12.1 Å². The Morgan fingerprint density at radius 1 is 0.897 bits per heavy atom. The first-order chi connectivity index (χ1) is 14.1. The lowest BCUT2D eigenvalue weighted by molar-refractivity contribution is -0.139. The Balaban J connectivity index is 1.28. The molecule has 1 aromatic carbocycles. The number of fused-ring (bicyclic) bond motifs is 2. The zero-order valence-corrected chi connectivity index (χ0v) is 17.5. The number of nitrogens with zero attached hydrogens (tertiary/aromatic N) is 2. The largest absolute Gasteiger partial charge is 0.341 e. The summed E-state index contributed by atoms with van der Waals surface area (Å²) in [5.74, 6) is 1.72. The summed E-state index contributed by atoms with van der Waals surface area (Å²) in [6.07, 6.45) is 7.77. The Morgan fingerprint density at radius 2 is 1.55 bits per heavy atom. The van der Waals surface area contributed by atoms with Crippen LogP contribution < -0.4 is 5.73 Å². The molecule has 2 amide bonds. The Morgan fingerprint density at radius 3 is 2.28 bits per heavy atom. The predicted molar refractivity (Wildman–Crippen MR) is 114 cm³/mol. The van der Waals surface area contributed by atoms with Crippen LogP contribution in [0.3, 0.4) is 0 Å². The zero-order valence-electron chi connectivity index (χ0n) is 17.5. The van der Waals surface area contributed by atoms with E-state index in [0.29, 0.717) is 43.3 Å². The average Bonchev–Trinajstić information content (AvgIpc) is 2.98. The van der Waals surface area contributed by atoms with Crippen LogP contribution in [0.1, 0.15) is 50.5 Å². The molecule has 2 N–H and O–H groups in total. The van der Waals surface area contributed by atoms with Gasteiger partial charge in [0.2, 0.25) is 11.8 Å². The maximum Gasteiger partial charge on any atom is 0.225 e. The number of benzene rings is 1. The molecule has 3 aliphatic rings. The number of nitrogens with two attached hydrogens (primary N) is 1. The van der Waals surface area contributed by atoms with E-state index in [9.17, 15) is 9.59 Å². The van der Waals surface area contributed by atoms with Crippen LogP contribution in [0.2, 0.25) is 0 Å². The van der Waals surface area contributed by atoms with Crippen LogP contribution >= 0.6 is 0 Å². The number of rotatable bonds is 4. The molecule has 0 aromatic heterocycles. The molecule has 0 spiro atoms. The minimum absolute atomic E-state index is 0.144. The number of carbonyl (C=O) groups is 2. The van der Waals surface area contributed by atoms with Gasteiger partial charge in [0.1, 0.15) is 0 Å². The molecule has 5 heteroatoms. The van der Waals surface area contributed by atoms with Crippen LogP contribution in [0.4, 0.5) is 0 Å². The van der Waals surface area contributed by atoms with Crippen molar-refractivity contribution in [3.63, 3.8) is 0 Å². The molecule has 1 heterocycles. The van der Waals surface area contributed by atoms with Gasteiger partial charge in [0.25, 0.3) is 0 Å². The fourth-order valence-electron chi connectivity index (χ4n) is 5.69. The molecule has 4 rings (SSSR count). The molecule has 1 aromatic rings. The maximum atomic E-state index is 13.2. The van der Waals surface area contributed by atoms with Crippen molar-refractivity contribution in [1.82, 2.24) is 9.80 Å². The van der Waals surface area contributed by atoms with Gasteiger partial charge in [0, 0.05) is 44.6 Å². The van der Waals surface area contributed by atoms with Crippen molar-refractivity contribution in [2.45, 2.75) is 57.4 Å². The van der Waals surface area contributed by atoms with Crippen molar-refractivity contribution < 1.29 is 9.59 Å². The third-order valence-corrected chi connectivity index (χ3v) is 7.39. The summed E-state index contributed by atoms with van der Waals surface area (Å²) < 4.78 is 0. The lowest BCUT2D eigenvalue weighted by Crippen LogP contribution is -2.50. The standard InChI is InChI=1S/C24H35N3O2/c25-23-19-8-4-9-20(23)17-21(16-19)24(29)27-13-5-12-26(14-15-27)22(28)11-10-18-6-2-1-3-7-18/h1-3,6-7,19-21,23H,4-5,8-17,25H2. The monoisotopic (exact) mass is 397 g/mol. The number of aryl methyl sites for hydroxylation is 1. The quantitative estimate of drug-likeness (QED) is 0.850. The van der Waals surface area contributed by atoms with Gasteiger partial charge >= 0.3 is 0 Å². The van der Waals surface area contributed by atoms with Crippen molar-refractivity contribution >= 4 is 11.8 Å². The Bertz CT molecular complexity index is 693. The fourth-order valence-corrected chi connectivity index (χ4v) is 5.69. The molecular weight excluding hydrogens is 362 g/mol. The predicted octanol–water partition coefficient (Wildman–Crippen LogP) is 2.83. The number of carbonyl (C=O) groups excluding carboxylic acids is 2. The van der Waals surface area contributed by atoms with Crippen molar-refractivity contribution in [3.05, 3.63) is 35.9 Å². The first-order valence-electron chi connectivity index (χ1n) is 11.5. The molecule has 5 nitrogen and oxygen atoms in total. The normalized spacial score (nSPS) is 30.0. The minimum atomic E-state index is 0.144. The molecule has 3 fully saturated rings. The van der Waals surface area contributed by atoms with Gasteiger partial charge in [-0.3, -0.25) is 9.59 Å². The van der Waals surface area contributed by atoms with E-state index in [1.807, 2.05) is 28.0 Å². The van der Waals surface area contributed by atoms with E-state index in [1.54, 1.807) is 0 Å². The van der Waals surface area contributed by atoms with Gasteiger partial charge in [0.15, 0.2) is 0 Å². The highest BCUT2D eigenvalue weighted by Crippen LogP contribution is 2.42. The topological polar surface area (TPSA) is 66.6 Å². The van der Waals surface area contributed by atoms with Crippen LogP contribution in [0.25, 0.3) is 0 Å². The Kier molecular flexibility index (Phi) is 6.53. The Hall–Kier alpha value is -1.88. The molecule has 158 valence electrons. The number of amides is 2. The van der Waals surface area contributed by atoms with Gasteiger partial charge in [-0.2, -0.15) is 0 Å². The van der Waals surface area contributed by atoms with Gasteiger partial charge in [-0.1, -0.05) is 36.8 Å². The molecule has 29 heavy (non-hydrogen) atoms. The summed E-state index contributed by atoms with van der Waals surface area (Å²) in [4.78, 5) is 29.9. The maximum absolute atomic E-state index is 13.2. The highest BCUT2D eigenvalue weighted by molar-refractivity contribution is 5.80. The summed E-state index contributed by atoms with van der Waals surface area (Å²) in [5, 5.41) is 0. The van der Waals surface area contributed by atoms with Gasteiger partial charge < -0.3 is 15.5 Å². The summed E-state index contributed by atoms with van der Waals surface area (Å²) in [6.45, 7) is 2.88. The second-order valence-corrected chi connectivity index (χ2v) is 9.24. The van der Waals surface area contributed by atoms with Gasteiger partial charge in [-0.05, 0) is 55.9 Å². The summed E-state index contributed by atoms with van der Waals surface area (Å²) in [6, 6.07) is 10.5. The molecule has 2 aliphatic carbocycles. The van der Waals surface area contributed by atoms with Gasteiger partial charge in [0.05, 0.1) is 0 Å². The van der Waals surface area contributed by atoms with E-state index in [4.69, 9.17) is 5.73 Å². The molecule has 2 atom stereocenters. The minimum Gasteiger partial charge on any atom is -0.341 e. The van der Waals surface area contributed by atoms with Crippen LogP contribution in [0.5, 0.6) is 0 Å². The molecule has 1 saturated heterocycles. The highest BCUT2D eigenvalue weighted by Gasteiger charge is 2.41. The zero-order chi connectivity index (χ0) is 20.2. The smallest absolute Gasteiger partial charge is 0.225 e. The first kappa shape index (κ1) is 20.4. The lowest BCUT2D eigenvalue weighted by atomic mass is 9.65. The second kappa shape index (κ2) is 9.29. The summed E-state index contributed by atoms with van der Waals surface area (Å²) in [7, 11) is 0. The third-order valence-electron chi connectivity index (χ3n) is 7.39. The van der Waals surface area contributed by atoms with Crippen molar-refractivity contribution in [3.8, 4) is 0 Å². The molecule has 2 unspecified atom stereocenters. The van der Waals surface area contributed by atoms with Gasteiger partial charge in [-0.25, -0.2) is 0 Å². The first-order valence-corrected chi connectivity index (χ1v) is 11.5. The van der Waals surface area contributed by atoms with E-state index < -0.39 is 0 Å². The van der Waals surface area contributed by atoms with Crippen molar-refractivity contribution in [2.24, 2.45) is 23.5 Å². The fraction of sp³-hybridized carbons (Fsp3) is 0.667. The third kappa shape index (κ3) is 4.82. The van der Waals surface area contributed by atoms with E-state index in [0.717, 1.165) is 38.8 Å². The van der Waals surface area contributed by atoms with Crippen LogP contribution in [-0.2, 0) is 16.0 Å². The lowest BCUT2D eigenvalue weighted by Gasteiger charge is -2.44. The molecule has 2 saturated carbocycles. The second-order valence-electron chi connectivity index (χ2n) is 9.24. The van der Waals surface area contributed by atoms with Crippen molar-refractivity contribution in [2.75, 3.05) is 26.2 Å². The molecule has 1 aliphatic heterocycles. The van der Waals surface area contributed by atoms with Crippen molar-refractivity contribution in [1.29, 1.82) is 0 Å².